The Balaban J connectivity index is 2.37. The predicted octanol–water partition coefficient (Wildman–Crippen LogP) is 1.26. The third kappa shape index (κ3) is 2.05. The van der Waals surface area contributed by atoms with Crippen LogP contribution < -0.4 is 10.1 Å². The number of hydrogen-bond acceptors (Lipinski definition) is 4. The molecule has 0 radical (unpaired) electrons. The van der Waals surface area contributed by atoms with Gasteiger partial charge in [0.2, 0.25) is 0 Å². The van der Waals surface area contributed by atoms with Gasteiger partial charge in [0.25, 0.3) is 0 Å². The van der Waals surface area contributed by atoms with E-state index in [0.717, 1.165) is 30.9 Å². The Kier molecular flexibility index (Phi) is 3.40. The van der Waals surface area contributed by atoms with Gasteiger partial charge in [-0.3, -0.25) is 4.68 Å². The zero-order chi connectivity index (χ0) is 12.5. The molecule has 0 spiro atoms. The minimum absolute atomic E-state index is 0.0902. The van der Waals surface area contributed by atoms with Crippen LogP contribution in [-0.2, 0) is 11.8 Å². The van der Waals surface area contributed by atoms with Crippen LogP contribution in [0.3, 0.4) is 0 Å². The van der Waals surface area contributed by atoms with Crippen LogP contribution in [0.1, 0.15) is 31.5 Å². The lowest BCUT2D eigenvalue weighted by Gasteiger charge is -2.33. The Morgan fingerprint density at radius 2 is 2.41 bits per heavy atom. The van der Waals surface area contributed by atoms with E-state index in [1.54, 1.807) is 13.3 Å². The van der Waals surface area contributed by atoms with Crippen molar-refractivity contribution in [3.8, 4) is 5.75 Å². The first kappa shape index (κ1) is 12.4. The van der Waals surface area contributed by atoms with Crippen molar-refractivity contribution < 1.29 is 9.47 Å². The van der Waals surface area contributed by atoms with Crippen LogP contribution in [0.5, 0.6) is 5.75 Å². The largest absolute Gasteiger partial charge is 0.493 e. The van der Waals surface area contributed by atoms with E-state index in [9.17, 15) is 0 Å². The van der Waals surface area contributed by atoms with Gasteiger partial charge in [-0.2, -0.15) is 5.10 Å². The molecule has 2 unspecified atom stereocenters. The molecule has 0 aliphatic carbocycles. The maximum atomic E-state index is 5.91. The van der Waals surface area contributed by atoms with E-state index in [0.29, 0.717) is 0 Å². The van der Waals surface area contributed by atoms with Crippen molar-refractivity contribution in [1.29, 1.82) is 0 Å². The summed E-state index contributed by atoms with van der Waals surface area (Å²) in [4.78, 5) is 0. The molecule has 0 aromatic carbocycles. The highest BCUT2D eigenvalue weighted by Gasteiger charge is 2.41. The number of likely N-dealkylation sites (N-methyl/N-ethyl adjacent to an activating group) is 1. The summed E-state index contributed by atoms with van der Waals surface area (Å²) < 4.78 is 13.1. The Labute approximate surface area is 102 Å². The monoisotopic (exact) mass is 239 g/mol. The first-order valence-electron chi connectivity index (χ1n) is 5.99. The molecule has 0 saturated carbocycles. The highest BCUT2D eigenvalue weighted by atomic mass is 16.5. The number of hydrogen-bond donors (Lipinski definition) is 1. The lowest BCUT2D eigenvalue weighted by molar-refractivity contribution is -0.0131. The third-order valence-corrected chi connectivity index (χ3v) is 3.59. The number of nitrogens with one attached hydrogen (secondary N) is 1. The second kappa shape index (κ2) is 4.66. The van der Waals surface area contributed by atoms with Crippen LogP contribution in [0.4, 0.5) is 0 Å². The van der Waals surface area contributed by atoms with Gasteiger partial charge in [-0.25, -0.2) is 0 Å². The van der Waals surface area contributed by atoms with Gasteiger partial charge in [0, 0.05) is 13.7 Å². The van der Waals surface area contributed by atoms with Crippen molar-refractivity contribution in [2.24, 2.45) is 7.05 Å². The van der Waals surface area contributed by atoms with Crippen LogP contribution in [0.25, 0.3) is 0 Å². The smallest absolute Gasteiger partial charge is 0.161 e. The Hall–Kier alpha value is -1.07. The molecule has 1 aliphatic rings. The Morgan fingerprint density at radius 1 is 1.65 bits per heavy atom. The van der Waals surface area contributed by atoms with E-state index in [2.05, 4.69) is 17.3 Å². The van der Waals surface area contributed by atoms with Crippen LogP contribution in [-0.4, -0.2) is 36.1 Å². The van der Waals surface area contributed by atoms with E-state index in [1.807, 2.05) is 18.8 Å². The first-order chi connectivity index (χ1) is 8.12. The molecule has 5 nitrogen and oxygen atoms in total. The fraction of sp³-hybridized carbons (Fsp3) is 0.750. The standard InChI is InChI=1S/C12H21N3O2/c1-12(6-5-7-17-12)11(13-2)10-9(16-4)8-14-15(10)3/h8,11,13H,5-7H2,1-4H3. The van der Waals surface area contributed by atoms with E-state index in [-0.39, 0.29) is 11.6 Å². The molecule has 2 heterocycles. The Morgan fingerprint density at radius 3 is 2.94 bits per heavy atom. The summed E-state index contributed by atoms with van der Waals surface area (Å²) in [5.41, 5.74) is 0.856. The lowest BCUT2D eigenvalue weighted by atomic mass is 9.90. The summed E-state index contributed by atoms with van der Waals surface area (Å²) in [7, 11) is 5.55. The molecule has 1 aliphatic heterocycles. The quantitative estimate of drug-likeness (QED) is 0.859. The summed E-state index contributed by atoms with van der Waals surface area (Å²) in [6, 6.07) is 0.0902. The van der Waals surface area contributed by atoms with Gasteiger partial charge in [0.05, 0.1) is 30.6 Å². The Bertz CT molecular complexity index is 383. The molecule has 5 heteroatoms. The molecule has 1 N–H and O–H groups in total. The van der Waals surface area contributed by atoms with Gasteiger partial charge in [-0.15, -0.1) is 0 Å². The van der Waals surface area contributed by atoms with Gasteiger partial charge < -0.3 is 14.8 Å². The first-order valence-corrected chi connectivity index (χ1v) is 5.99. The number of methoxy groups -OCH3 is 1. The van der Waals surface area contributed by atoms with Gasteiger partial charge in [0.1, 0.15) is 0 Å². The van der Waals surface area contributed by atoms with Gasteiger partial charge in [-0.05, 0) is 26.8 Å². The summed E-state index contributed by atoms with van der Waals surface area (Å²) in [6.45, 7) is 2.97. The molecule has 0 amide bonds. The van der Waals surface area contributed by atoms with E-state index in [4.69, 9.17) is 9.47 Å². The molecule has 1 fully saturated rings. The number of ether oxygens (including phenoxy) is 2. The van der Waals surface area contributed by atoms with Crippen LogP contribution in [0, 0.1) is 0 Å². The molecule has 1 aromatic heterocycles. The molecule has 2 atom stereocenters. The van der Waals surface area contributed by atoms with Crippen molar-refractivity contribution in [1.82, 2.24) is 15.1 Å². The SMILES string of the molecule is CNC(c1c(OC)cnn1C)C1(C)CCCO1. The highest BCUT2D eigenvalue weighted by Crippen LogP contribution is 2.39. The lowest BCUT2D eigenvalue weighted by Crippen LogP contribution is -2.40. The van der Waals surface area contributed by atoms with Crippen molar-refractivity contribution in [2.75, 3.05) is 20.8 Å². The minimum atomic E-state index is -0.185. The van der Waals surface area contributed by atoms with E-state index < -0.39 is 0 Å². The average molecular weight is 239 g/mol. The zero-order valence-corrected chi connectivity index (χ0v) is 11.0. The molecule has 17 heavy (non-hydrogen) atoms. The predicted molar refractivity (Wildman–Crippen MR) is 65.2 cm³/mol. The molecular formula is C12H21N3O2. The number of rotatable bonds is 4. The van der Waals surface area contributed by atoms with Crippen molar-refractivity contribution in [3.63, 3.8) is 0 Å². The minimum Gasteiger partial charge on any atom is -0.493 e. The van der Waals surface area contributed by atoms with Crippen LogP contribution in [0.15, 0.2) is 6.20 Å². The zero-order valence-electron chi connectivity index (χ0n) is 11.0. The van der Waals surface area contributed by atoms with Crippen molar-refractivity contribution >= 4 is 0 Å². The normalized spacial score (nSPS) is 26.1. The molecule has 96 valence electrons. The second-order valence-corrected chi connectivity index (χ2v) is 4.71. The molecule has 2 rings (SSSR count). The number of nitrogens with zero attached hydrogens (tertiary/aromatic N) is 2. The van der Waals surface area contributed by atoms with Crippen LogP contribution in [0.2, 0.25) is 0 Å². The molecular weight excluding hydrogens is 218 g/mol. The van der Waals surface area contributed by atoms with Crippen LogP contribution >= 0.6 is 0 Å². The maximum Gasteiger partial charge on any atom is 0.161 e. The van der Waals surface area contributed by atoms with Gasteiger partial charge in [0.15, 0.2) is 5.75 Å². The van der Waals surface area contributed by atoms with Gasteiger partial charge in [-0.1, -0.05) is 0 Å². The van der Waals surface area contributed by atoms with E-state index in [1.165, 1.54) is 0 Å². The topological polar surface area (TPSA) is 48.3 Å². The fourth-order valence-corrected chi connectivity index (χ4v) is 2.67. The maximum absolute atomic E-state index is 5.91. The van der Waals surface area contributed by atoms with Crippen molar-refractivity contribution in [3.05, 3.63) is 11.9 Å². The van der Waals surface area contributed by atoms with E-state index >= 15 is 0 Å². The summed E-state index contributed by atoms with van der Waals surface area (Å²) in [6.07, 6.45) is 3.90. The summed E-state index contributed by atoms with van der Waals surface area (Å²) >= 11 is 0. The summed E-state index contributed by atoms with van der Waals surface area (Å²) in [5.74, 6) is 0.809. The highest BCUT2D eigenvalue weighted by molar-refractivity contribution is 5.30. The van der Waals surface area contributed by atoms with Crippen molar-refractivity contribution in [2.45, 2.75) is 31.4 Å². The molecule has 1 aromatic rings. The molecule has 0 bridgehead atoms. The summed E-state index contributed by atoms with van der Waals surface area (Å²) in [5, 5.41) is 7.59. The average Bonchev–Trinajstić information content (AvgIpc) is 2.89. The fourth-order valence-electron chi connectivity index (χ4n) is 2.67. The van der Waals surface area contributed by atoms with Gasteiger partial charge >= 0.3 is 0 Å². The number of aromatic nitrogens is 2. The third-order valence-electron chi connectivity index (χ3n) is 3.59. The second-order valence-electron chi connectivity index (χ2n) is 4.71. The number of aryl methyl sites for hydroxylation is 1. The molecule has 1 saturated heterocycles.